The second kappa shape index (κ2) is 13.0. The van der Waals surface area contributed by atoms with Crippen molar-refractivity contribution in [1.82, 2.24) is 5.32 Å². The second-order valence-electron chi connectivity index (χ2n) is 6.34. The van der Waals surface area contributed by atoms with Gasteiger partial charge in [0.2, 0.25) is 5.91 Å². The Morgan fingerprint density at radius 3 is 2.09 bits per heavy atom. The van der Waals surface area contributed by atoms with E-state index in [1.54, 1.807) is 18.2 Å². The van der Waals surface area contributed by atoms with E-state index in [4.69, 9.17) is 0 Å². The van der Waals surface area contributed by atoms with Gasteiger partial charge in [0.1, 0.15) is 5.75 Å². The van der Waals surface area contributed by atoms with Gasteiger partial charge in [0.15, 0.2) is 0 Å². The van der Waals surface area contributed by atoms with Crippen LogP contribution in [-0.4, -0.2) is 17.6 Å². The molecule has 0 aliphatic carbocycles. The third kappa shape index (κ3) is 9.98. The van der Waals surface area contributed by atoms with Crippen molar-refractivity contribution in [3.8, 4) is 5.75 Å². The van der Waals surface area contributed by atoms with Crippen LogP contribution in [0.5, 0.6) is 5.75 Å². The van der Waals surface area contributed by atoms with Gasteiger partial charge in [-0.15, -0.1) is 0 Å². The lowest BCUT2D eigenvalue weighted by Gasteiger charge is -2.06. The average molecular weight is 319 g/mol. The largest absolute Gasteiger partial charge is 0.508 e. The van der Waals surface area contributed by atoms with Gasteiger partial charge in [-0.2, -0.15) is 0 Å². The molecule has 1 rings (SSSR count). The Balaban J connectivity index is 1.93. The lowest BCUT2D eigenvalue weighted by Crippen LogP contribution is -2.26. The zero-order chi connectivity index (χ0) is 16.8. The number of phenolic OH excluding ortho intramolecular Hbond substituents is 1. The number of unbranched alkanes of at least 4 members (excludes halogenated alkanes) is 9. The first-order valence-electron chi connectivity index (χ1n) is 9.27. The first kappa shape index (κ1) is 19.5. The van der Waals surface area contributed by atoms with Crippen molar-refractivity contribution in [3.05, 3.63) is 29.8 Å². The predicted molar refractivity (Wildman–Crippen MR) is 96.7 cm³/mol. The maximum absolute atomic E-state index is 11.8. The van der Waals surface area contributed by atoms with E-state index in [1.807, 2.05) is 6.07 Å². The van der Waals surface area contributed by atoms with Crippen molar-refractivity contribution in [2.24, 2.45) is 0 Å². The Bertz CT molecular complexity index is 431. The minimum absolute atomic E-state index is 0.0116. The quantitative estimate of drug-likeness (QED) is 0.504. The fraction of sp³-hybridized carbons (Fsp3) is 0.650. The monoisotopic (exact) mass is 319 g/mol. The minimum Gasteiger partial charge on any atom is -0.508 e. The zero-order valence-corrected chi connectivity index (χ0v) is 14.7. The molecule has 3 heteroatoms. The molecule has 0 saturated heterocycles. The highest BCUT2D eigenvalue weighted by molar-refractivity contribution is 5.79. The highest BCUT2D eigenvalue weighted by Gasteiger charge is 2.06. The van der Waals surface area contributed by atoms with E-state index < -0.39 is 0 Å². The highest BCUT2D eigenvalue weighted by atomic mass is 16.3. The summed E-state index contributed by atoms with van der Waals surface area (Å²) in [5.41, 5.74) is 0.688. The van der Waals surface area contributed by atoms with Gasteiger partial charge in [-0.3, -0.25) is 4.79 Å². The molecule has 0 saturated carbocycles. The molecule has 0 bridgehead atoms. The number of hydrogen-bond donors (Lipinski definition) is 2. The fourth-order valence-electron chi connectivity index (χ4n) is 2.74. The first-order chi connectivity index (χ1) is 11.2. The van der Waals surface area contributed by atoms with Crippen LogP contribution >= 0.6 is 0 Å². The van der Waals surface area contributed by atoms with Crippen molar-refractivity contribution in [2.75, 3.05) is 6.54 Å². The van der Waals surface area contributed by atoms with Crippen LogP contribution in [-0.2, 0) is 11.2 Å². The van der Waals surface area contributed by atoms with E-state index in [0.29, 0.717) is 5.56 Å². The van der Waals surface area contributed by atoms with Gasteiger partial charge in [0.25, 0.3) is 0 Å². The lowest BCUT2D eigenvalue weighted by atomic mass is 10.1. The standard InChI is InChI=1S/C20H33NO2/c1-2-3-4-5-6-7-8-9-10-13-16-21-20(23)17-18-14-11-12-15-19(18)22/h11-12,14-15,22H,2-10,13,16-17H2,1H3,(H,21,23). The van der Waals surface area contributed by atoms with Crippen molar-refractivity contribution in [2.45, 2.75) is 77.6 Å². The topological polar surface area (TPSA) is 49.3 Å². The summed E-state index contributed by atoms with van der Waals surface area (Å²) in [6, 6.07) is 7.01. The van der Waals surface area contributed by atoms with Crippen LogP contribution in [0.1, 0.15) is 76.7 Å². The van der Waals surface area contributed by atoms with Crippen LogP contribution in [0.15, 0.2) is 24.3 Å². The molecule has 1 amide bonds. The molecule has 23 heavy (non-hydrogen) atoms. The molecular formula is C20H33NO2. The smallest absolute Gasteiger partial charge is 0.224 e. The summed E-state index contributed by atoms with van der Waals surface area (Å²) in [6.45, 7) is 2.99. The Morgan fingerprint density at radius 2 is 1.48 bits per heavy atom. The summed E-state index contributed by atoms with van der Waals surface area (Å²) in [5.74, 6) is 0.184. The number of carbonyl (C=O) groups excluding carboxylic acids is 1. The number of rotatable bonds is 13. The molecule has 130 valence electrons. The summed E-state index contributed by atoms with van der Waals surface area (Å²) in [5, 5.41) is 12.6. The van der Waals surface area contributed by atoms with E-state index in [1.165, 1.54) is 57.8 Å². The van der Waals surface area contributed by atoms with Gasteiger partial charge < -0.3 is 10.4 Å². The summed E-state index contributed by atoms with van der Waals surface area (Å²) < 4.78 is 0. The van der Waals surface area contributed by atoms with Crippen molar-refractivity contribution in [3.63, 3.8) is 0 Å². The van der Waals surface area contributed by atoms with E-state index in [0.717, 1.165) is 13.0 Å². The third-order valence-electron chi connectivity index (χ3n) is 4.20. The molecule has 1 aromatic rings. The van der Waals surface area contributed by atoms with Crippen LogP contribution in [0.4, 0.5) is 0 Å². The van der Waals surface area contributed by atoms with Gasteiger partial charge >= 0.3 is 0 Å². The average Bonchev–Trinajstić information content (AvgIpc) is 2.55. The molecule has 0 unspecified atom stereocenters. The maximum Gasteiger partial charge on any atom is 0.224 e. The molecule has 0 fully saturated rings. The van der Waals surface area contributed by atoms with E-state index >= 15 is 0 Å². The van der Waals surface area contributed by atoms with Crippen molar-refractivity contribution < 1.29 is 9.90 Å². The van der Waals surface area contributed by atoms with E-state index in [2.05, 4.69) is 12.2 Å². The number of aromatic hydroxyl groups is 1. The first-order valence-corrected chi connectivity index (χ1v) is 9.27. The number of phenols is 1. The Morgan fingerprint density at radius 1 is 0.913 bits per heavy atom. The van der Waals surface area contributed by atoms with Gasteiger partial charge in [-0.25, -0.2) is 0 Å². The molecule has 0 spiro atoms. The zero-order valence-electron chi connectivity index (χ0n) is 14.7. The molecule has 3 nitrogen and oxygen atoms in total. The molecule has 0 aliphatic heterocycles. The fourth-order valence-corrected chi connectivity index (χ4v) is 2.74. The Hall–Kier alpha value is -1.51. The summed E-state index contributed by atoms with van der Waals surface area (Å²) in [7, 11) is 0. The number of para-hydroxylation sites is 1. The van der Waals surface area contributed by atoms with Crippen LogP contribution in [0.3, 0.4) is 0 Å². The van der Waals surface area contributed by atoms with Gasteiger partial charge in [0, 0.05) is 12.1 Å². The molecule has 0 atom stereocenters. The molecule has 0 radical (unpaired) electrons. The summed E-state index contributed by atoms with van der Waals surface area (Å²) in [4.78, 5) is 11.8. The lowest BCUT2D eigenvalue weighted by molar-refractivity contribution is -0.120. The molecule has 0 heterocycles. The van der Waals surface area contributed by atoms with Crippen LogP contribution in [0, 0.1) is 0 Å². The number of nitrogens with one attached hydrogen (secondary N) is 1. The normalized spacial score (nSPS) is 10.7. The van der Waals surface area contributed by atoms with Gasteiger partial charge in [-0.05, 0) is 12.5 Å². The number of carbonyl (C=O) groups is 1. The molecule has 2 N–H and O–H groups in total. The van der Waals surface area contributed by atoms with Crippen molar-refractivity contribution in [1.29, 1.82) is 0 Å². The van der Waals surface area contributed by atoms with Gasteiger partial charge in [0.05, 0.1) is 6.42 Å². The minimum atomic E-state index is -0.0116. The van der Waals surface area contributed by atoms with Crippen LogP contribution in [0.2, 0.25) is 0 Å². The summed E-state index contributed by atoms with van der Waals surface area (Å²) >= 11 is 0. The van der Waals surface area contributed by atoms with Crippen LogP contribution < -0.4 is 5.32 Å². The summed E-state index contributed by atoms with van der Waals surface area (Å²) in [6.07, 6.45) is 13.3. The van der Waals surface area contributed by atoms with Crippen LogP contribution in [0.25, 0.3) is 0 Å². The molecule has 0 aromatic heterocycles. The third-order valence-corrected chi connectivity index (χ3v) is 4.20. The van der Waals surface area contributed by atoms with E-state index in [9.17, 15) is 9.90 Å². The number of hydrogen-bond acceptors (Lipinski definition) is 2. The predicted octanol–water partition coefficient (Wildman–Crippen LogP) is 4.97. The second-order valence-corrected chi connectivity index (χ2v) is 6.34. The molecule has 0 aliphatic rings. The van der Waals surface area contributed by atoms with Crippen molar-refractivity contribution >= 4 is 5.91 Å². The maximum atomic E-state index is 11.8. The number of benzene rings is 1. The Labute approximate surface area is 141 Å². The Kier molecular flexibility index (Phi) is 11.0. The molecular weight excluding hydrogens is 286 g/mol. The number of amides is 1. The van der Waals surface area contributed by atoms with E-state index in [-0.39, 0.29) is 18.1 Å². The van der Waals surface area contributed by atoms with Gasteiger partial charge in [-0.1, -0.05) is 82.9 Å². The molecule has 1 aromatic carbocycles. The highest BCUT2D eigenvalue weighted by Crippen LogP contribution is 2.15. The SMILES string of the molecule is CCCCCCCCCCCCNC(=O)Cc1ccccc1O.